The highest BCUT2D eigenvalue weighted by Gasteiger charge is 2.36. The molecule has 2 aromatic heterocycles. The first-order valence-electron chi connectivity index (χ1n) is 5.94. The van der Waals surface area contributed by atoms with Crippen molar-refractivity contribution in [2.45, 2.75) is 33.0 Å². The van der Waals surface area contributed by atoms with Crippen molar-refractivity contribution in [3.05, 3.63) is 23.3 Å². The molecular formula is C11H13F3N4OS. The number of halogens is 3. The molecule has 0 bridgehead atoms. The van der Waals surface area contributed by atoms with Crippen LogP contribution in [0.4, 0.5) is 18.3 Å². The van der Waals surface area contributed by atoms with Crippen molar-refractivity contribution in [3.63, 3.8) is 0 Å². The van der Waals surface area contributed by atoms with E-state index in [0.29, 0.717) is 11.0 Å². The van der Waals surface area contributed by atoms with Crippen LogP contribution < -0.4 is 5.32 Å². The molecule has 0 aromatic carbocycles. The summed E-state index contributed by atoms with van der Waals surface area (Å²) in [6, 6.07) is 0.864. The molecule has 2 heterocycles. The SMILES string of the molecule is CC(C)Cc1nsc(NCc2cc(C(F)(F)F)on2)n1. The molecule has 0 saturated heterocycles. The largest absolute Gasteiger partial charge is 0.452 e. The van der Waals surface area contributed by atoms with Crippen LogP contribution in [0.15, 0.2) is 10.6 Å². The predicted octanol–water partition coefficient (Wildman–Crippen LogP) is 3.36. The van der Waals surface area contributed by atoms with Crippen molar-refractivity contribution in [1.82, 2.24) is 14.5 Å². The molecule has 0 amide bonds. The molecule has 0 aliphatic rings. The van der Waals surface area contributed by atoms with Gasteiger partial charge in [0, 0.05) is 24.0 Å². The Labute approximate surface area is 117 Å². The molecule has 0 unspecified atom stereocenters. The second-order valence-corrected chi connectivity index (χ2v) is 5.40. The van der Waals surface area contributed by atoms with Crippen LogP contribution in [0, 0.1) is 5.92 Å². The normalized spacial score (nSPS) is 12.1. The molecule has 9 heteroatoms. The molecule has 2 rings (SSSR count). The Morgan fingerprint density at radius 1 is 1.40 bits per heavy atom. The maximum atomic E-state index is 12.3. The molecule has 0 aliphatic carbocycles. The molecule has 2 aromatic rings. The van der Waals surface area contributed by atoms with Gasteiger partial charge in [0.1, 0.15) is 11.5 Å². The topological polar surface area (TPSA) is 63.8 Å². The van der Waals surface area contributed by atoms with E-state index in [2.05, 4.69) is 38.2 Å². The highest BCUT2D eigenvalue weighted by atomic mass is 32.1. The quantitative estimate of drug-likeness (QED) is 0.917. The minimum Gasteiger partial charge on any atom is -0.354 e. The van der Waals surface area contributed by atoms with Gasteiger partial charge in [0.05, 0.1) is 6.54 Å². The summed E-state index contributed by atoms with van der Waals surface area (Å²) >= 11 is 1.17. The lowest BCUT2D eigenvalue weighted by molar-refractivity contribution is -0.155. The lowest BCUT2D eigenvalue weighted by Gasteiger charge is -1.99. The molecule has 5 nitrogen and oxygen atoms in total. The van der Waals surface area contributed by atoms with Crippen molar-refractivity contribution in [2.75, 3.05) is 5.32 Å². The number of hydrogen-bond donors (Lipinski definition) is 1. The van der Waals surface area contributed by atoms with Gasteiger partial charge in [-0.2, -0.15) is 17.5 Å². The van der Waals surface area contributed by atoms with Gasteiger partial charge < -0.3 is 9.84 Å². The van der Waals surface area contributed by atoms with Gasteiger partial charge in [-0.05, 0) is 5.92 Å². The van der Waals surface area contributed by atoms with Crippen molar-refractivity contribution >= 4 is 16.7 Å². The zero-order valence-corrected chi connectivity index (χ0v) is 11.7. The third-order valence-electron chi connectivity index (χ3n) is 2.32. The summed E-state index contributed by atoms with van der Waals surface area (Å²) in [5.74, 6) is 0.0676. The van der Waals surface area contributed by atoms with Gasteiger partial charge in [-0.1, -0.05) is 19.0 Å². The number of alkyl halides is 3. The average Bonchev–Trinajstić information content (AvgIpc) is 2.93. The van der Waals surface area contributed by atoms with E-state index in [0.717, 1.165) is 18.3 Å². The first-order valence-corrected chi connectivity index (χ1v) is 6.71. The number of aromatic nitrogens is 3. The predicted molar refractivity (Wildman–Crippen MR) is 67.3 cm³/mol. The Kier molecular flexibility index (Phi) is 4.26. The fourth-order valence-corrected chi connectivity index (χ4v) is 2.06. The molecule has 0 fully saturated rings. The Balaban J connectivity index is 1.92. The summed E-state index contributed by atoms with van der Waals surface area (Å²) in [4.78, 5) is 4.24. The molecule has 0 radical (unpaired) electrons. The monoisotopic (exact) mass is 306 g/mol. The van der Waals surface area contributed by atoms with Gasteiger partial charge in [0.2, 0.25) is 10.9 Å². The van der Waals surface area contributed by atoms with Crippen molar-refractivity contribution < 1.29 is 17.7 Å². The fourth-order valence-electron chi connectivity index (χ4n) is 1.47. The second-order valence-electron chi connectivity index (χ2n) is 4.65. The summed E-state index contributed by atoms with van der Waals surface area (Å²) < 4.78 is 45.3. The minimum atomic E-state index is -4.52. The van der Waals surface area contributed by atoms with Gasteiger partial charge in [-0.15, -0.1) is 0 Å². The van der Waals surface area contributed by atoms with Crippen LogP contribution in [0.25, 0.3) is 0 Å². The molecule has 110 valence electrons. The van der Waals surface area contributed by atoms with E-state index in [9.17, 15) is 13.2 Å². The van der Waals surface area contributed by atoms with Gasteiger partial charge in [0.25, 0.3) is 0 Å². The zero-order chi connectivity index (χ0) is 14.8. The van der Waals surface area contributed by atoms with Crippen molar-refractivity contribution in [3.8, 4) is 0 Å². The highest BCUT2D eigenvalue weighted by molar-refractivity contribution is 7.09. The van der Waals surface area contributed by atoms with E-state index >= 15 is 0 Å². The van der Waals surface area contributed by atoms with Crippen LogP contribution in [0.1, 0.15) is 31.1 Å². The standard InChI is InChI=1S/C11H13F3N4OS/c1-6(2)3-9-16-10(20-18-9)15-5-7-4-8(19-17-7)11(12,13)14/h4,6H,3,5H2,1-2H3,(H,15,16,18). The Hall–Kier alpha value is -1.64. The summed E-state index contributed by atoms with van der Waals surface area (Å²) in [5, 5.41) is 6.78. The van der Waals surface area contributed by atoms with E-state index in [1.54, 1.807) is 0 Å². The van der Waals surface area contributed by atoms with Crippen LogP contribution in [0.3, 0.4) is 0 Å². The Morgan fingerprint density at radius 2 is 2.15 bits per heavy atom. The van der Waals surface area contributed by atoms with Crippen molar-refractivity contribution in [2.24, 2.45) is 5.92 Å². The lowest BCUT2D eigenvalue weighted by Crippen LogP contribution is -2.03. The van der Waals surface area contributed by atoms with Crippen LogP contribution in [0.5, 0.6) is 0 Å². The van der Waals surface area contributed by atoms with Crippen LogP contribution in [-0.4, -0.2) is 14.5 Å². The summed E-state index contributed by atoms with van der Waals surface area (Å²) in [7, 11) is 0. The smallest absolute Gasteiger partial charge is 0.354 e. The molecule has 0 saturated carbocycles. The highest BCUT2D eigenvalue weighted by Crippen LogP contribution is 2.29. The molecule has 0 atom stereocenters. The number of nitrogens with one attached hydrogen (secondary N) is 1. The number of rotatable bonds is 5. The third kappa shape index (κ3) is 3.92. The van der Waals surface area contributed by atoms with Gasteiger partial charge >= 0.3 is 6.18 Å². The first kappa shape index (κ1) is 14.8. The van der Waals surface area contributed by atoms with E-state index in [1.807, 2.05) is 0 Å². The third-order valence-corrected chi connectivity index (χ3v) is 3.03. The first-order chi connectivity index (χ1) is 9.34. The van der Waals surface area contributed by atoms with Crippen LogP contribution in [0.2, 0.25) is 0 Å². The second kappa shape index (κ2) is 5.78. The zero-order valence-electron chi connectivity index (χ0n) is 10.9. The fraction of sp³-hybridized carbons (Fsp3) is 0.545. The van der Waals surface area contributed by atoms with E-state index in [4.69, 9.17) is 0 Å². The van der Waals surface area contributed by atoms with Crippen molar-refractivity contribution in [1.29, 1.82) is 0 Å². The van der Waals surface area contributed by atoms with E-state index in [-0.39, 0.29) is 12.2 Å². The summed E-state index contributed by atoms with van der Waals surface area (Å²) in [5.41, 5.74) is 0.165. The minimum absolute atomic E-state index is 0.107. The molecule has 20 heavy (non-hydrogen) atoms. The molecule has 1 N–H and O–H groups in total. The van der Waals surface area contributed by atoms with Gasteiger partial charge in [-0.25, -0.2) is 4.98 Å². The van der Waals surface area contributed by atoms with Gasteiger partial charge in [-0.3, -0.25) is 0 Å². The maximum absolute atomic E-state index is 12.3. The van der Waals surface area contributed by atoms with E-state index < -0.39 is 11.9 Å². The number of hydrogen-bond acceptors (Lipinski definition) is 6. The average molecular weight is 306 g/mol. The lowest BCUT2D eigenvalue weighted by atomic mass is 10.1. The van der Waals surface area contributed by atoms with Crippen LogP contribution in [-0.2, 0) is 19.1 Å². The number of nitrogens with zero attached hydrogens (tertiary/aromatic N) is 3. The molecular weight excluding hydrogens is 293 g/mol. The summed E-state index contributed by atoms with van der Waals surface area (Å²) in [6.45, 7) is 4.22. The molecule has 0 spiro atoms. The Bertz CT molecular complexity index is 564. The molecule has 0 aliphatic heterocycles. The summed E-state index contributed by atoms with van der Waals surface area (Å²) in [6.07, 6.45) is -3.75. The van der Waals surface area contributed by atoms with Crippen LogP contribution >= 0.6 is 11.5 Å². The number of anilines is 1. The van der Waals surface area contributed by atoms with Gasteiger partial charge in [0.15, 0.2) is 0 Å². The maximum Gasteiger partial charge on any atom is 0.452 e. The van der Waals surface area contributed by atoms with E-state index in [1.165, 1.54) is 11.5 Å². The Morgan fingerprint density at radius 3 is 2.75 bits per heavy atom.